The van der Waals surface area contributed by atoms with Gasteiger partial charge in [0.2, 0.25) is 0 Å². The first-order valence-electron chi connectivity index (χ1n) is 14.8. The Bertz CT molecular complexity index is 1440. The van der Waals surface area contributed by atoms with E-state index in [0.29, 0.717) is 23.1 Å². The molecule has 0 aromatic heterocycles. The van der Waals surface area contributed by atoms with Crippen LogP contribution >= 0.6 is 0 Å². The normalized spacial score (nSPS) is 38.0. The molecule has 4 aliphatic rings. The van der Waals surface area contributed by atoms with Gasteiger partial charge in [0.15, 0.2) is 17.5 Å². The lowest BCUT2D eigenvalue weighted by Crippen LogP contribution is -2.66. The van der Waals surface area contributed by atoms with Crippen molar-refractivity contribution in [3.05, 3.63) is 70.8 Å². The second kappa shape index (κ2) is 10.9. The van der Waals surface area contributed by atoms with E-state index in [4.69, 9.17) is 14.2 Å². The topological polar surface area (TPSA) is 136 Å². The van der Waals surface area contributed by atoms with Crippen molar-refractivity contribution >= 4 is 23.7 Å². The molecule has 1 spiro atoms. The fourth-order valence-corrected chi connectivity index (χ4v) is 7.99. The predicted molar refractivity (Wildman–Crippen MR) is 155 cm³/mol. The average molecular weight is 593 g/mol. The number of hydrogen-bond donors (Lipinski definition) is 2. The van der Waals surface area contributed by atoms with Gasteiger partial charge < -0.3 is 24.4 Å². The van der Waals surface area contributed by atoms with Gasteiger partial charge in [-0.25, -0.2) is 9.59 Å². The molecule has 0 aliphatic heterocycles. The van der Waals surface area contributed by atoms with Gasteiger partial charge in [0.05, 0.1) is 17.6 Å². The number of hydrogen-bond acceptors (Lipinski definition) is 9. The van der Waals surface area contributed by atoms with E-state index in [-0.39, 0.29) is 36.4 Å². The number of carbonyl (C=O) groups excluding carboxylic acids is 4. The number of Topliss-reactive ketones (excluding diaryl/α,β-unsaturated/α-hetero) is 1. The Labute approximate surface area is 251 Å². The highest BCUT2D eigenvalue weighted by Crippen LogP contribution is 2.72. The molecule has 0 saturated heterocycles. The molecule has 0 amide bonds. The van der Waals surface area contributed by atoms with E-state index in [0.717, 1.165) is 0 Å². The molecule has 4 aliphatic carbocycles. The number of allylic oxidation sites excluding steroid dienone is 2. The third kappa shape index (κ3) is 4.59. The number of ether oxygens (including phenoxy) is 3. The molecule has 0 unspecified atom stereocenters. The summed E-state index contributed by atoms with van der Waals surface area (Å²) >= 11 is 0. The summed E-state index contributed by atoms with van der Waals surface area (Å²) in [7, 11) is 0. The first-order chi connectivity index (χ1) is 20.2. The highest BCUT2D eigenvalue weighted by atomic mass is 16.6. The van der Waals surface area contributed by atoms with Gasteiger partial charge in [0.25, 0.3) is 0 Å². The number of esters is 3. The van der Waals surface area contributed by atoms with E-state index in [1.54, 1.807) is 63.3 Å². The Kier molecular flexibility index (Phi) is 7.80. The van der Waals surface area contributed by atoms with Crippen LogP contribution in [0.15, 0.2) is 65.3 Å². The van der Waals surface area contributed by atoms with E-state index in [1.807, 2.05) is 19.9 Å². The first-order valence-corrected chi connectivity index (χ1v) is 14.8. The predicted octanol–water partition coefficient (Wildman–Crippen LogP) is 3.74. The largest absolute Gasteiger partial charge is 0.461 e. The number of fused-ring (bicyclic) bond motifs is 3. The van der Waals surface area contributed by atoms with Crippen molar-refractivity contribution in [2.75, 3.05) is 13.2 Å². The first kappa shape index (κ1) is 30.9. The van der Waals surface area contributed by atoms with E-state index in [2.05, 4.69) is 0 Å². The van der Waals surface area contributed by atoms with Gasteiger partial charge in [0, 0.05) is 23.8 Å². The zero-order valence-corrected chi connectivity index (χ0v) is 25.5. The van der Waals surface area contributed by atoms with Crippen molar-refractivity contribution in [2.24, 2.45) is 34.5 Å². The van der Waals surface area contributed by atoms with Gasteiger partial charge in [-0.1, -0.05) is 50.3 Å². The van der Waals surface area contributed by atoms with Crippen LogP contribution in [0.5, 0.6) is 0 Å². The lowest BCUT2D eigenvalue weighted by molar-refractivity contribution is -0.202. The number of aliphatic hydroxyl groups is 2. The highest BCUT2D eigenvalue weighted by Gasteiger charge is 2.77. The van der Waals surface area contributed by atoms with Crippen LogP contribution in [0.3, 0.4) is 0 Å². The van der Waals surface area contributed by atoms with Crippen LogP contribution in [0.1, 0.15) is 58.3 Å². The molecule has 43 heavy (non-hydrogen) atoms. The summed E-state index contributed by atoms with van der Waals surface area (Å²) in [4.78, 5) is 52.3. The highest BCUT2D eigenvalue weighted by molar-refractivity contribution is 5.96. The Balaban J connectivity index is 1.56. The Hall–Kier alpha value is -3.56. The number of carbonyl (C=O) groups is 4. The minimum absolute atomic E-state index is 0.0364. The van der Waals surface area contributed by atoms with Gasteiger partial charge >= 0.3 is 17.9 Å². The quantitative estimate of drug-likeness (QED) is 0.210. The second-order valence-corrected chi connectivity index (χ2v) is 12.9. The SMILES string of the molecule is CC=C(C)C(=O)O[C@H]1C(C)=C[C@]23C(=O)[C@@H](C=C(COC(C)=O)[C@@H](O)[C@]12O)[C@H]1[C@@H](C[C@@H]3C)[C@@]1(C)COC(=O)c1ccccc1. The summed E-state index contributed by atoms with van der Waals surface area (Å²) in [5.74, 6) is -3.57. The van der Waals surface area contributed by atoms with Gasteiger partial charge in [-0.3, -0.25) is 9.59 Å². The monoisotopic (exact) mass is 592 g/mol. The zero-order chi connectivity index (χ0) is 31.5. The summed E-state index contributed by atoms with van der Waals surface area (Å²) in [6.45, 7) is 9.79. The molecule has 9 nitrogen and oxygen atoms in total. The van der Waals surface area contributed by atoms with Crippen molar-refractivity contribution in [1.82, 2.24) is 0 Å². The molecule has 1 aromatic rings. The van der Waals surface area contributed by atoms with Crippen LogP contribution < -0.4 is 0 Å². The molecule has 1 aromatic carbocycles. The van der Waals surface area contributed by atoms with Crippen LogP contribution in [0.4, 0.5) is 0 Å². The zero-order valence-electron chi connectivity index (χ0n) is 25.5. The lowest BCUT2D eigenvalue weighted by atomic mass is 9.59. The van der Waals surface area contributed by atoms with E-state index >= 15 is 0 Å². The molecular formula is C34H40O9. The van der Waals surface area contributed by atoms with Crippen molar-refractivity contribution in [3.8, 4) is 0 Å². The van der Waals surface area contributed by atoms with Crippen molar-refractivity contribution in [2.45, 2.75) is 65.8 Å². The van der Waals surface area contributed by atoms with Crippen molar-refractivity contribution in [3.63, 3.8) is 0 Å². The molecule has 2 N–H and O–H groups in total. The van der Waals surface area contributed by atoms with Gasteiger partial charge in [-0.15, -0.1) is 0 Å². The third-order valence-electron chi connectivity index (χ3n) is 10.5. The van der Waals surface area contributed by atoms with Crippen LogP contribution in [0, 0.1) is 34.5 Å². The Morgan fingerprint density at radius 3 is 2.42 bits per heavy atom. The van der Waals surface area contributed by atoms with E-state index in [9.17, 15) is 29.4 Å². The van der Waals surface area contributed by atoms with Gasteiger partial charge in [-0.2, -0.15) is 0 Å². The number of benzene rings is 1. The summed E-state index contributed by atoms with van der Waals surface area (Å²) < 4.78 is 16.9. The smallest absolute Gasteiger partial charge is 0.338 e. The number of ketones is 1. The average Bonchev–Trinajstić information content (AvgIpc) is 3.52. The van der Waals surface area contributed by atoms with Crippen LogP contribution in [-0.2, 0) is 28.6 Å². The number of aliphatic hydroxyl groups excluding tert-OH is 1. The van der Waals surface area contributed by atoms with E-state index in [1.165, 1.54) is 6.92 Å². The fourth-order valence-electron chi connectivity index (χ4n) is 7.99. The molecule has 0 radical (unpaired) electrons. The van der Waals surface area contributed by atoms with Crippen molar-refractivity contribution in [1.29, 1.82) is 0 Å². The summed E-state index contributed by atoms with van der Waals surface area (Å²) in [6, 6.07) is 8.69. The molecule has 5 rings (SSSR count). The van der Waals surface area contributed by atoms with Gasteiger partial charge in [0.1, 0.15) is 12.7 Å². The molecular weight excluding hydrogens is 552 g/mol. The Morgan fingerprint density at radius 2 is 1.79 bits per heavy atom. The van der Waals surface area contributed by atoms with E-state index < -0.39 is 58.4 Å². The third-order valence-corrected chi connectivity index (χ3v) is 10.5. The molecule has 0 heterocycles. The van der Waals surface area contributed by atoms with Crippen molar-refractivity contribution < 1.29 is 43.6 Å². The van der Waals surface area contributed by atoms with Gasteiger partial charge in [-0.05, 0) is 68.2 Å². The standard InChI is InChI=1S/C34H40O9/c1-7-18(2)30(38)43-29-19(3)15-33-20(4)13-25-26(32(25,6)17-42-31(39)22-11-9-8-10-12-22)24(28(33)37)14-23(16-41-21(5)35)27(36)34(29,33)40/h7-12,14-15,20,24-27,29,36,40H,13,16-17H2,1-6H3/t20-,24-,25+,26-,27+,29-,32+,33-,34-/m0/s1. The summed E-state index contributed by atoms with van der Waals surface area (Å²) in [5.41, 5.74) is -3.00. The summed E-state index contributed by atoms with van der Waals surface area (Å²) in [6.07, 6.45) is 2.39. The minimum Gasteiger partial charge on any atom is -0.461 e. The minimum atomic E-state index is -2.25. The maximum absolute atomic E-state index is 14.8. The molecule has 2 fully saturated rings. The maximum Gasteiger partial charge on any atom is 0.338 e. The number of rotatable bonds is 7. The lowest BCUT2D eigenvalue weighted by Gasteiger charge is -2.48. The molecule has 2 bridgehead atoms. The van der Waals surface area contributed by atoms with Crippen LogP contribution in [0.25, 0.3) is 0 Å². The summed E-state index contributed by atoms with van der Waals surface area (Å²) in [5, 5.41) is 24.6. The maximum atomic E-state index is 14.8. The Morgan fingerprint density at radius 1 is 1.12 bits per heavy atom. The molecule has 2 saturated carbocycles. The fraction of sp³-hybridized carbons (Fsp3) is 0.529. The second-order valence-electron chi connectivity index (χ2n) is 12.9. The van der Waals surface area contributed by atoms with Crippen LogP contribution in [-0.4, -0.2) is 64.9 Å². The molecule has 9 heteroatoms. The van der Waals surface area contributed by atoms with Crippen LogP contribution in [0.2, 0.25) is 0 Å². The molecule has 9 atom stereocenters. The molecule has 230 valence electrons.